The fourth-order valence-corrected chi connectivity index (χ4v) is 3.62. The van der Waals surface area contributed by atoms with E-state index in [0.29, 0.717) is 22.6 Å². The highest BCUT2D eigenvalue weighted by Gasteiger charge is 2.28. The molecule has 0 unspecified atom stereocenters. The highest BCUT2D eigenvalue weighted by atomic mass is 16.5. The quantitative estimate of drug-likeness (QED) is 0.503. The average molecular weight is 402 g/mol. The molecule has 0 aliphatic heterocycles. The zero-order valence-electron chi connectivity index (χ0n) is 17.1. The van der Waals surface area contributed by atoms with Crippen LogP contribution >= 0.6 is 0 Å². The van der Waals surface area contributed by atoms with Crippen LogP contribution in [0.5, 0.6) is 17.2 Å². The van der Waals surface area contributed by atoms with Gasteiger partial charge in [0.2, 0.25) is 0 Å². The third-order valence-electron chi connectivity index (χ3n) is 5.07. The Bertz CT molecular complexity index is 1180. The van der Waals surface area contributed by atoms with Gasteiger partial charge in [-0.2, -0.15) is 0 Å². The van der Waals surface area contributed by atoms with Crippen LogP contribution in [0.1, 0.15) is 22.9 Å². The Kier molecular flexibility index (Phi) is 5.39. The summed E-state index contributed by atoms with van der Waals surface area (Å²) < 4.78 is 11.2. The van der Waals surface area contributed by atoms with Gasteiger partial charge in [0.15, 0.2) is 17.5 Å². The number of para-hydroxylation sites is 1. The summed E-state index contributed by atoms with van der Waals surface area (Å²) in [5.41, 5.74) is 2.92. The van der Waals surface area contributed by atoms with Crippen molar-refractivity contribution in [3.05, 3.63) is 83.7 Å². The van der Waals surface area contributed by atoms with Crippen LogP contribution in [0.3, 0.4) is 0 Å². The minimum absolute atomic E-state index is 0.134. The molecule has 0 aliphatic carbocycles. The molecule has 2 heterocycles. The highest BCUT2D eigenvalue weighted by Crippen LogP contribution is 2.42. The van der Waals surface area contributed by atoms with Crippen LogP contribution in [0.15, 0.2) is 66.9 Å². The molecular formula is C24H24N3O3+. The predicted molar refractivity (Wildman–Crippen MR) is 116 cm³/mol. The summed E-state index contributed by atoms with van der Waals surface area (Å²) in [6.45, 7) is 1.91. The van der Waals surface area contributed by atoms with E-state index >= 15 is 0 Å². The number of hydrogen-bond donors (Lipinski definition) is 2. The summed E-state index contributed by atoms with van der Waals surface area (Å²) >= 11 is 0. The fraction of sp³-hybridized carbons (Fsp3) is 0.167. The third-order valence-corrected chi connectivity index (χ3v) is 5.07. The second kappa shape index (κ2) is 8.29. The van der Waals surface area contributed by atoms with Crippen LogP contribution in [0.2, 0.25) is 0 Å². The molecule has 4 aromatic rings. The SMILES string of the molecule is COc1cccc([C@H](Nc2cccc[nH+]2)c2ccc3ccc(C)nc3c2O)c1OC. The van der Waals surface area contributed by atoms with Crippen LogP contribution in [0, 0.1) is 6.92 Å². The van der Waals surface area contributed by atoms with Crippen molar-refractivity contribution < 1.29 is 19.6 Å². The first-order chi connectivity index (χ1) is 14.6. The number of benzene rings is 2. The molecule has 1 atom stereocenters. The zero-order valence-corrected chi connectivity index (χ0v) is 17.1. The number of pyridine rings is 2. The molecule has 0 aliphatic rings. The number of rotatable bonds is 6. The van der Waals surface area contributed by atoms with Crippen LogP contribution in [-0.4, -0.2) is 24.3 Å². The van der Waals surface area contributed by atoms with Crippen LogP contribution < -0.4 is 19.8 Å². The van der Waals surface area contributed by atoms with E-state index < -0.39 is 6.04 Å². The molecular weight excluding hydrogens is 378 g/mol. The minimum Gasteiger partial charge on any atom is -0.505 e. The van der Waals surface area contributed by atoms with Crippen molar-refractivity contribution in [3.63, 3.8) is 0 Å². The third kappa shape index (κ3) is 3.59. The fourth-order valence-electron chi connectivity index (χ4n) is 3.62. The van der Waals surface area contributed by atoms with Gasteiger partial charge in [-0.3, -0.25) is 5.32 Å². The lowest BCUT2D eigenvalue weighted by molar-refractivity contribution is -0.361. The highest BCUT2D eigenvalue weighted by molar-refractivity contribution is 5.86. The molecule has 0 bridgehead atoms. The molecule has 0 fully saturated rings. The molecule has 6 nitrogen and oxygen atoms in total. The van der Waals surface area contributed by atoms with Gasteiger partial charge in [-0.05, 0) is 31.2 Å². The van der Waals surface area contributed by atoms with Crippen molar-refractivity contribution >= 4 is 16.7 Å². The number of fused-ring (bicyclic) bond motifs is 1. The summed E-state index contributed by atoms with van der Waals surface area (Å²) in [4.78, 5) is 7.74. The number of H-pyrrole nitrogens is 1. The number of aromatic amines is 1. The van der Waals surface area contributed by atoms with Crippen molar-refractivity contribution in [2.75, 3.05) is 19.5 Å². The number of aromatic nitrogens is 2. The largest absolute Gasteiger partial charge is 0.505 e. The lowest BCUT2D eigenvalue weighted by Gasteiger charge is -2.21. The maximum Gasteiger partial charge on any atom is 0.272 e. The smallest absolute Gasteiger partial charge is 0.272 e. The van der Waals surface area contributed by atoms with Gasteiger partial charge in [-0.15, -0.1) is 0 Å². The normalized spacial score (nSPS) is 11.8. The topological polar surface area (TPSA) is 77.8 Å². The van der Waals surface area contributed by atoms with Gasteiger partial charge < -0.3 is 14.6 Å². The molecule has 2 aromatic carbocycles. The average Bonchev–Trinajstić information content (AvgIpc) is 2.78. The molecule has 30 heavy (non-hydrogen) atoms. The molecule has 0 amide bonds. The van der Waals surface area contributed by atoms with E-state index in [0.717, 1.165) is 22.5 Å². The molecule has 0 spiro atoms. The molecule has 0 saturated carbocycles. The molecule has 6 heteroatoms. The lowest BCUT2D eigenvalue weighted by Crippen LogP contribution is -2.19. The number of nitrogens with one attached hydrogen (secondary N) is 2. The van der Waals surface area contributed by atoms with Crippen LogP contribution in [0.25, 0.3) is 10.9 Å². The maximum absolute atomic E-state index is 11.2. The summed E-state index contributed by atoms with van der Waals surface area (Å²) in [7, 11) is 3.22. The van der Waals surface area contributed by atoms with E-state index in [1.54, 1.807) is 14.2 Å². The number of aryl methyl sites for hydroxylation is 1. The Morgan fingerprint density at radius 1 is 0.933 bits per heavy atom. The number of anilines is 1. The standard InChI is InChI=1S/C24H23N3O3/c1-15-10-11-16-12-13-17(23(28)21(16)26-15)22(27-20-9-4-5-14-25-20)18-7-6-8-19(29-2)24(18)30-3/h4-14,22,28H,1-3H3,(H,25,27)/p+1/t22-/m1/s1. The van der Waals surface area contributed by atoms with Crippen molar-refractivity contribution in [3.8, 4) is 17.2 Å². The van der Waals surface area contributed by atoms with Crippen LogP contribution in [0.4, 0.5) is 5.82 Å². The van der Waals surface area contributed by atoms with E-state index in [-0.39, 0.29) is 5.75 Å². The Labute approximate surface area is 175 Å². The number of phenolic OH excluding ortho intramolecular Hbond substituents is 1. The Morgan fingerprint density at radius 2 is 1.77 bits per heavy atom. The number of ether oxygens (including phenoxy) is 2. The molecule has 4 rings (SSSR count). The van der Waals surface area contributed by atoms with Crippen molar-refractivity contribution in [2.24, 2.45) is 0 Å². The molecule has 152 valence electrons. The van der Waals surface area contributed by atoms with Crippen molar-refractivity contribution in [1.29, 1.82) is 0 Å². The van der Waals surface area contributed by atoms with Crippen molar-refractivity contribution in [2.45, 2.75) is 13.0 Å². The summed E-state index contributed by atoms with van der Waals surface area (Å²) in [5, 5.41) is 15.5. The Hall–Kier alpha value is -3.80. The van der Waals surface area contributed by atoms with Gasteiger partial charge in [0, 0.05) is 28.3 Å². The molecule has 0 saturated heterocycles. The zero-order chi connectivity index (χ0) is 21.1. The lowest BCUT2D eigenvalue weighted by atomic mass is 9.95. The van der Waals surface area contributed by atoms with E-state index in [1.165, 1.54) is 0 Å². The van der Waals surface area contributed by atoms with Gasteiger partial charge >= 0.3 is 0 Å². The molecule has 0 radical (unpaired) electrons. The minimum atomic E-state index is -0.416. The molecule has 2 aromatic heterocycles. The Balaban J connectivity index is 1.93. The van der Waals surface area contributed by atoms with Crippen LogP contribution in [-0.2, 0) is 0 Å². The van der Waals surface area contributed by atoms with Crippen molar-refractivity contribution in [1.82, 2.24) is 4.98 Å². The summed E-state index contributed by atoms with van der Waals surface area (Å²) in [5.74, 6) is 2.15. The first-order valence-corrected chi connectivity index (χ1v) is 9.65. The second-order valence-electron chi connectivity index (χ2n) is 6.96. The molecule has 3 N–H and O–H groups in total. The maximum atomic E-state index is 11.2. The predicted octanol–water partition coefficient (Wildman–Crippen LogP) is 4.28. The van der Waals surface area contributed by atoms with Gasteiger partial charge in [-0.1, -0.05) is 30.3 Å². The van der Waals surface area contributed by atoms with E-state index in [9.17, 15) is 5.11 Å². The van der Waals surface area contributed by atoms with E-state index in [4.69, 9.17) is 9.47 Å². The summed E-state index contributed by atoms with van der Waals surface area (Å²) in [6.07, 6.45) is 1.84. The number of nitrogens with zero attached hydrogens (tertiary/aromatic N) is 1. The van der Waals surface area contributed by atoms with Gasteiger partial charge in [0.25, 0.3) is 5.82 Å². The van der Waals surface area contributed by atoms with Gasteiger partial charge in [0.05, 0.1) is 20.4 Å². The Morgan fingerprint density at radius 3 is 2.50 bits per heavy atom. The summed E-state index contributed by atoms with van der Waals surface area (Å²) in [6, 6.07) is 18.8. The van der Waals surface area contributed by atoms with Gasteiger partial charge in [-0.25, -0.2) is 9.97 Å². The number of phenols is 1. The van der Waals surface area contributed by atoms with E-state index in [1.807, 2.05) is 73.8 Å². The number of hydrogen-bond acceptors (Lipinski definition) is 5. The first kappa shape index (κ1) is 19.5. The first-order valence-electron chi connectivity index (χ1n) is 9.65. The van der Waals surface area contributed by atoms with Gasteiger partial charge in [0.1, 0.15) is 11.3 Å². The number of methoxy groups -OCH3 is 2. The van der Waals surface area contributed by atoms with E-state index in [2.05, 4.69) is 15.3 Å². The monoisotopic (exact) mass is 402 g/mol. The number of aromatic hydroxyl groups is 1. The second-order valence-corrected chi connectivity index (χ2v) is 6.96.